The number of aliphatic hydroxyl groups is 1. The average Bonchev–Trinajstić information content (AvgIpc) is 3.45. The molecule has 0 aliphatic carbocycles. The zero-order valence-corrected chi connectivity index (χ0v) is 25.0. The number of hydrogen-bond acceptors (Lipinski definition) is 9. The monoisotopic (exact) mass is 614 g/mol. The van der Waals surface area contributed by atoms with E-state index >= 15 is 0 Å². The smallest absolute Gasteiger partial charge is 0.330 e. The number of esters is 1. The normalized spacial score (nSPS) is 18.2. The van der Waals surface area contributed by atoms with Crippen molar-refractivity contribution in [3.63, 3.8) is 0 Å². The SMILES string of the molecule is COC(=O)C=Cc1cn(C2CC(O)C(COC(c3ccccc3)(c3ccc(OC)cc3)c3ccc(OC)cc3)O2)c(=O)[nH]c1=O. The minimum absolute atomic E-state index is 0.0416. The summed E-state index contributed by atoms with van der Waals surface area (Å²) < 4.78 is 29.6. The van der Waals surface area contributed by atoms with E-state index in [0.717, 1.165) is 22.8 Å². The van der Waals surface area contributed by atoms with Crippen molar-refractivity contribution >= 4 is 12.0 Å². The van der Waals surface area contributed by atoms with Crippen molar-refractivity contribution in [2.75, 3.05) is 27.9 Å². The van der Waals surface area contributed by atoms with Crippen molar-refractivity contribution < 1.29 is 33.6 Å². The number of aliphatic hydroxyl groups excluding tert-OH is 1. The number of ether oxygens (including phenoxy) is 5. The summed E-state index contributed by atoms with van der Waals surface area (Å²) in [5.41, 5.74) is -0.0411. The van der Waals surface area contributed by atoms with E-state index in [9.17, 15) is 19.5 Å². The van der Waals surface area contributed by atoms with Crippen LogP contribution in [0.2, 0.25) is 0 Å². The molecule has 0 spiro atoms. The van der Waals surface area contributed by atoms with Gasteiger partial charge in [0, 0.05) is 18.7 Å². The lowest BCUT2D eigenvalue weighted by Crippen LogP contribution is -2.38. The highest BCUT2D eigenvalue weighted by molar-refractivity contribution is 5.86. The summed E-state index contributed by atoms with van der Waals surface area (Å²) in [6.07, 6.45) is 0.919. The van der Waals surface area contributed by atoms with Crippen LogP contribution in [0.15, 0.2) is 101 Å². The number of methoxy groups -OCH3 is 3. The molecule has 3 atom stereocenters. The summed E-state index contributed by atoms with van der Waals surface area (Å²) in [6, 6.07) is 24.8. The third-order valence-corrected chi connectivity index (χ3v) is 7.75. The largest absolute Gasteiger partial charge is 0.497 e. The molecule has 5 rings (SSSR count). The number of nitrogens with zero attached hydrogens (tertiary/aromatic N) is 1. The molecular formula is C34H34N2O9. The first-order chi connectivity index (χ1) is 21.8. The Morgan fingerprint density at radius 2 is 1.51 bits per heavy atom. The van der Waals surface area contributed by atoms with Crippen LogP contribution < -0.4 is 20.7 Å². The predicted molar refractivity (Wildman–Crippen MR) is 165 cm³/mol. The molecule has 0 radical (unpaired) electrons. The van der Waals surface area contributed by atoms with E-state index in [-0.39, 0.29) is 18.6 Å². The van der Waals surface area contributed by atoms with E-state index in [4.69, 9.17) is 18.9 Å². The quantitative estimate of drug-likeness (QED) is 0.148. The van der Waals surface area contributed by atoms with Gasteiger partial charge < -0.3 is 28.8 Å². The highest BCUT2D eigenvalue weighted by Gasteiger charge is 2.42. The number of benzene rings is 3. The number of rotatable bonds is 11. The fourth-order valence-electron chi connectivity index (χ4n) is 5.38. The van der Waals surface area contributed by atoms with E-state index < -0.39 is 41.3 Å². The molecule has 45 heavy (non-hydrogen) atoms. The number of carbonyl (C=O) groups excluding carboxylic acids is 1. The van der Waals surface area contributed by atoms with Crippen LogP contribution in [0.1, 0.15) is 34.9 Å². The molecule has 3 aromatic carbocycles. The summed E-state index contributed by atoms with van der Waals surface area (Å²) >= 11 is 0. The van der Waals surface area contributed by atoms with E-state index in [1.807, 2.05) is 78.9 Å². The van der Waals surface area contributed by atoms with Gasteiger partial charge >= 0.3 is 11.7 Å². The second-order valence-corrected chi connectivity index (χ2v) is 10.4. The zero-order chi connectivity index (χ0) is 32.0. The standard InChI is InChI=1S/C34H34N2O9/c1-41-26-14-10-24(11-15-26)34(23-7-5-4-6-8-23,25-12-16-27(42-2)17-13-25)44-21-29-28(37)19-30(45-29)36-20-22(9-18-31(38)43-3)32(39)35-33(36)40/h4-18,20,28-30,37H,19,21H2,1-3H3,(H,35,39,40). The molecule has 11 nitrogen and oxygen atoms in total. The minimum Gasteiger partial charge on any atom is -0.497 e. The molecule has 0 saturated carbocycles. The molecule has 11 heteroatoms. The van der Waals surface area contributed by atoms with Gasteiger partial charge in [-0.15, -0.1) is 0 Å². The van der Waals surface area contributed by atoms with E-state index in [0.29, 0.717) is 11.5 Å². The van der Waals surface area contributed by atoms with E-state index in [2.05, 4.69) is 9.72 Å². The maximum absolute atomic E-state index is 12.7. The Balaban J connectivity index is 1.50. The van der Waals surface area contributed by atoms with Gasteiger partial charge in [0.1, 0.15) is 29.4 Å². The Morgan fingerprint density at radius 1 is 0.933 bits per heavy atom. The molecule has 2 N–H and O–H groups in total. The van der Waals surface area contributed by atoms with Crippen LogP contribution in [0.5, 0.6) is 11.5 Å². The van der Waals surface area contributed by atoms with Gasteiger partial charge in [0.2, 0.25) is 0 Å². The third-order valence-electron chi connectivity index (χ3n) is 7.75. The van der Waals surface area contributed by atoms with Gasteiger partial charge in [-0.1, -0.05) is 54.6 Å². The maximum Gasteiger partial charge on any atom is 0.330 e. The van der Waals surface area contributed by atoms with E-state index in [1.165, 1.54) is 23.9 Å². The number of H-pyrrole nitrogens is 1. The van der Waals surface area contributed by atoms with Crippen molar-refractivity contribution in [1.29, 1.82) is 0 Å². The van der Waals surface area contributed by atoms with Crippen molar-refractivity contribution in [3.05, 3.63) is 134 Å². The summed E-state index contributed by atoms with van der Waals surface area (Å²) in [4.78, 5) is 38.8. The van der Waals surface area contributed by atoms with Gasteiger partial charge in [0.05, 0.1) is 39.6 Å². The molecule has 1 aliphatic rings. The van der Waals surface area contributed by atoms with Gasteiger partial charge in [-0.3, -0.25) is 14.3 Å². The number of nitrogens with one attached hydrogen (secondary N) is 1. The summed E-state index contributed by atoms with van der Waals surface area (Å²) in [6.45, 7) is -0.0577. The van der Waals surface area contributed by atoms with Gasteiger partial charge in [-0.05, 0) is 47.0 Å². The molecule has 1 fully saturated rings. The summed E-state index contributed by atoms with van der Waals surface area (Å²) in [5.74, 6) is 0.701. The van der Waals surface area contributed by atoms with Crippen molar-refractivity contribution in [2.45, 2.75) is 30.5 Å². The summed E-state index contributed by atoms with van der Waals surface area (Å²) in [5, 5.41) is 11.1. The molecular weight excluding hydrogens is 580 g/mol. The molecule has 0 amide bonds. The molecule has 3 unspecified atom stereocenters. The van der Waals surface area contributed by atoms with Crippen LogP contribution in [0.3, 0.4) is 0 Å². The average molecular weight is 615 g/mol. The van der Waals surface area contributed by atoms with Gasteiger partial charge in [0.15, 0.2) is 0 Å². The number of aromatic nitrogens is 2. The Kier molecular flexibility index (Phi) is 9.62. The Bertz CT molecular complexity index is 1700. The molecule has 1 saturated heterocycles. The van der Waals surface area contributed by atoms with Crippen LogP contribution in [0.25, 0.3) is 6.08 Å². The van der Waals surface area contributed by atoms with Gasteiger partial charge in [0.25, 0.3) is 5.56 Å². The maximum atomic E-state index is 12.7. The van der Waals surface area contributed by atoms with Crippen LogP contribution in [0, 0.1) is 0 Å². The number of carbonyl (C=O) groups is 1. The van der Waals surface area contributed by atoms with Crippen LogP contribution in [-0.4, -0.2) is 60.8 Å². The topological polar surface area (TPSA) is 138 Å². The fourth-order valence-corrected chi connectivity index (χ4v) is 5.38. The van der Waals surface area contributed by atoms with Gasteiger partial charge in [-0.2, -0.15) is 0 Å². The lowest BCUT2D eigenvalue weighted by atomic mass is 9.80. The molecule has 2 heterocycles. The first-order valence-electron chi connectivity index (χ1n) is 14.2. The third kappa shape index (κ3) is 6.60. The van der Waals surface area contributed by atoms with Crippen molar-refractivity contribution in [2.24, 2.45) is 0 Å². The number of aromatic amines is 1. The first-order valence-corrected chi connectivity index (χ1v) is 14.2. The summed E-state index contributed by atoms with van der Waals surface area (Å²) in [7, 11) is 4.41. The van der Waals surface area contributed by atoms with Gasteiger partial charge in [-0.25, -0.2) is 9.59 Å². The number of hydrogen-bond donors (Lipinski definition) is 2. The first kappa shape index (κ1) is 31.5. The second kappa shape index (κ2) is 13.8. The molecule has 1 aromatic heterocycles. The second-order valence-electron chi connectivity index (χ2n) is 10.4. The lowest BCUT2D eigenvalue weighted by Gasteiger charge is -2.37. The highest BCUT2D eigenvalue weighted by atomic mass is 16.6. The molecule has 1 aliphatic heterocycles. The molecule has 4 aromatic rings. The highest BCUT2D eigenvalue weighted by Crippen LogP contribution is 2.42. The minimum atomic E-state index is -1.14. The zero-order valence-electron chi connectivity index (χ0n) is 25.0. The fraction of sp³-hybridized carbons (Fsp3) is 0.265. The predicted octanol–water partition coefficient (Wildman–Crippen LogP) is 3.40. The lowest BCUT2D eigenvalue weighted by molar-refractivity contribution is -0.134. The van der Waals surface area contributed by atoms with Crippen molar-refractivity contribution in [1.82, 2.24) is 9.55 Å². The van der Waals surface area contributed by atoms with Crippen LogP contribution in [0.4, 0.5) is 0 Å². The molecule has 234 valence electrons. The molecule has 0 bridgehead atoms. The Labute approximate surface area is 259 Å². The Hall–Kier alpha value is -4.97. The van der Waals surface area contributed by atoms with E-state index in [1.54, 1.807) is 14.2 Å². The van der Waals surface area contributed by atoms with Crippen LogP contribution >= 0.6 is 0 Å². The van der Waals surface area contributed by atoms with Crippen LogP contribution in [-0.2, 0) is 24.6 Å². The Morgan fingerprint density at radius 3 is 2.07 bits per heavy atom. The van der Waals surface area contributed by atoms with Crippen molar-refractivity contribution in [3.8, 4) is 11.5 Å².